The second-order valence-corrected chi connectivity index (χ2v) is 8.28. The minimum absolute atomic E-state index is 0.0333. The number of nitrogens with one attached hydrogen (secondary N) is 1. The Balaban J connectivity index is 1.74. The average Bonchev–Trinajstić information content (AvgIpc) is 2.77. The first-order valence-electron chi connectivity index (χ1n) is 10.9. The summed E-state index contributed by atoms with van der Waals surface area (Å²) >= 11 is 0. The van der Waals surface area contributed by atoms with Crippen molar-refractivity contribution in [2.24, 2.45) is 5.92 Å². The number of amides is 3. The molecule has 1 atom stereocenters. The summed E-state index contributed by atoms with van der Waals surface area (Å²) in [7, 11) is 0. The SMILES string of the molecule is CCC(=O)N1CCC(C(NC(=O)c2cccc(C)c2)C(=O)N2CCCCC2)CC1. The zero-order valence-corrected chi connectivity index (χ0v) is 17.7. The van der Waals surface area contributed by atoms with E-state index in [-0.39, 0.29) is 23.6 Å². The molecule has 0 radical (unpaired) electrons. The molecular weight excluding hydrogens is 366 g/mol. The van der Waals surface area contributed by atoms with Crippen LogP contribution in [0.15, 0.2) is 24.3 Å². The Morgan fingerprint density at radius 2 is 1.72 bits per heavy atom. The fourth-order valence-electron chi connectivity index (χ4n) is 4.41. The molecule has 2 heterocycles. The molecular formula is C23H33N3O3. The fourth-order valence-corrected chi connectivity index (χ4v) is 4.41. The van der Waals surface area contributed by atoms with Crippen LogP contribution < -0.4 is 5.32 Å². The van der Waals surface area contributed by atoms with Crippen LogP contribution in [-0.2, 0) is 9.59 Å². The van der Waals surface area contributed by atoms with Crippen molar-refractivity contribution in [3.63, 3.8) is 0 Å². The summed E-state index contributed by atoms with van der Waals surface area (Å²) in [4.78, 5) is 42.0. The number of likely N-dealkylation sites (tertiary alicyclic amines) is 2. The first kappa shape index (κ1) is 21.3. The van der Waals surface area contributed by atoms with Crippen molar-refractivity contribution in [1.29, 1.82) is 0 Å². The van der Waals surface area contributed by atoms with E-state index in [2.05, 4.69) is 5.32 Å². The maximum Gasteiger partial charge on any atom is 0.251 e. The largest absolute Gasteiger partial charge is 0.343 e. The standard InChI is InChI=1S/C23H33N3O3/c1-3-20(27)25-14-10-18(11-15-25)21(23(29)26-12-5-4-6-13-26)24-22(28)19-9-7-8-17(2)16-19/h7-9,16,18,21H,3-6,10-15H2,1-2H3,(H,24,28). The van der Waals surface area contributed by atoms with E-state index >= 15 is 0 Å². The lowest BCUT2D eigenvalue weighted by Crippen LogP contribution is -2.55. The van der Waals surface area contributed by atoms with E-state index in [4.69, 9.17) is 0 Å². The Kier molecular flexibility index (Phi) is 7.29. The van der Waals surface area contributed by atoms with Gasteiger partial charge in [0.15, 0.2) is 0 Å². The smallest absolute Gasteiger partial charge is 0.251 e. The highest BCUT2D eigenvalue weighted by atomic mass is 16.2. The lowest BCUT2D eigenvalue weighted by molar-refractivity contribution is -0.136. The normalized spacial score (nSPS) is 19.0. The summed E-state index contributed by atoms with van der Waals surface area (Å²) in [6.07, 6.45) is 5.18. The van der Waals surface area contributed by atoms with E-state index in [1.54, 1.807) is 6.07 Å². The van der Waals surface area contributed by atoms with Gasteiger partial charge in [-0.05, 0) is 57.1 Å². The van der Waals surface area contributed by atoms with Crippen LogP contribution in [0.1, 0.15) is 61.4 Å². The van der Waals surface area contributed by atoms with Crippen LogP contribution in [0.2, 0.25) is 0 Å². The molecule has 2 aliphatic rings. The van der Waals surface area contributed by atoms with Gasteiger partial charge in [0, 0.05) is 38.2 Å². The minimum Gasteiger partial charge on any atom is -0.343 e. The molecule has 6 nitrogen and oxygen atoms in total. The number of hydrogen-bond acceptors (Lipinski definition) is 3. The molecule has 2 aliphatic heterocycles. The van der Waals surface area contributed by atoms with E-state index in [0.29, 0.717) is 25.1 Å². The zero-order chi connectivity index (χ0) is 20.8. The van der Waals surface area contributed by atoms with Gasteiger partial charge < -0.3 is 15.1 Å². The van der Waals surface area contributed by atoms with Crippen LogP contribution in [0.4, 0.5) is 0 Å². The first-order chi connectivity index (χ1) is 14.0. The number of benzene rings is 1. The predicted octanol–water partition coefficient (Wildman–Crippen LogP) is 2.75. The van der Waals surface area contributed by atoms with Gasteiger partial charge in [0.25, 0.3) is 5.91 Å². The highest BCUT2D eigenvalue weighted by molar-refractivity contribution is 5.97. The second kappa shape index (κ2) is 9.90. The number of hydrogen-bond donors (Lipinski definition) is 1. The summed E-state index contributed by atoms with van der Waals surface area (Å²) in [5.74, 6) is 0.0485. The van der Waals surface area contributed by atoms with Gasteiger partial charge in [0.2, 0.25) is 11.8 Å². The average molecular weight is 400 g/mol. The van der Waals surface area contributed by atoms with Gasteiger partial charge in [-0.15, -0.1) is 0 Å². The van der Waals surface area contributed by atoms with Crippen molar-refractivity contribution in [1.82, 2.24) is 15.1 Å². The summed E-state index contributed by atoms with van der Waals surface area (Å²) in [5.41, 5.74) is 1.60. The lowest BCUT2D eigenvalue weighted by Gasteiger charge is -2.38. The molecule has 2 saturated heterocycles. The van der Waals surface area contributed by atoms with Crippen LogP contribution in [0.3, 0.4) is 0 Å². The zero-order valence-electron chi connectivity index (χ0n) is 17.7. The van der Waals surface area contributed by atoms with Gasteiger partial charge in [0.05, 0.1) is 0 Å². The number of carbonyl (C=O) groups excluding carboxylic acids is 3. The molecule has 1 unspecified atom stereocenters. The Hall–Kier alpha value is -2.37. The van der Waals surface area contributed by atoms with Gasteiger partial charge in [-0.3, -0.25) is 14.4 Å². The molecule has 0 aliphatic carbocycles. The summed E-state index contributed by atoms with van der Waals surface area (Å²) in [5, 5.41) is 3.05. The summed E-state index contributed by atoms with van der Waals surface area (Å²) in [6.45, 7) is 6.67. The molecule has 3 rings (SSSR count). The Morgan fingerprint density at radius 3 is 2.34 bits per heavy atom. The number of rotatable bonds is 5. The highest BCUT2D eigenvalue weighted by Gasteiger charge is 2.36. The van der Waals surface area contributed by atoms with Crippen molar-refractivity contribution in [2.75, 3.05) is 26.2 Å². The van der Waals surface area contributed by atoms with E-state index in [1.165, 1.54) is 0 Å². The molecule has 2 fully saturated rings. The van der Waals surface area contributed by atoms with Crippen molar-refractivity contribution in [3.05, 3.63) is 35.4 Å². The summed E-state index contributed by atoms with van der Waals surface area (Å²) < 4.78 is 0. The van der Waals surface area contributed by atoms with Gasteiger partial charge in [-0.1, -0.05) is 24.6 Å². The van der Waals surface area contributed by atoms with Crippen molar-refractivity contribution in [2.45, 2.75) is 58.4 Å². The van der Waals surface area contributed by atoms with E-state index < -0.39 is 6.04 Å². The molecule has 0 bridgehead atoms. The third-order valence-electron chi connectivity index (χ3n) is 6.17. The number of nitrogens with zero attached hydrogens (tertiary/aromatic N) is 2. The van der Waals surface area contributed by atoms with E-state index in [0.717, 1.165) is 50.8 Å². The first-order valence-corrected chi connectivity index (χ1v) is 10.9. The van der Waals surface area contributed by atoms with Crippen LogP contribution in [0.25, 0.3) is 0 Å². The Labute approximate surface area is 173 Å². The quantitative estimate of drug-likeness (QED) is 0.828. The molecule has 0 spiro atoms. The Morgan fingerprint density at radius 1 is 1.03 bits per heavy atom. The molecule has 29 heavy (non-hydrogen) atoms. The molecule has 158 valence electrons. The highest BCUT2D eigenvalue weighted by Crippen LogP contribution is 2.24. The van der Waals surface area contributed by atoms with Gasteiger partial charge in [-0.25, -0.2) is 0 Å². The second-order valence-electron chi connectivity index (χ2n) is 8.28. The predicted molar refractivity (Wildman–Crippen MR) is 112 cm³/mol. The third-order valence-corrected chi connectivity index (χ3v) is 6.17. The van der Waals surface area contributed by atoms with Crippen LogP contribution >= 0.6 is 0 Å². The number of carbonyl (C=O) groups is 3. The Bertz CT molecular complexity index is 735. The molecule has 0 saturated carbocycles. The maximum absolute atomic E-state index is 13.3. The van der Waals surface area contributed by atoms with Crippen LogP contribution in [0, 0.1) is 12.8 Å². The van der Waals surface area contributed by atoms with Crippen LogP contribution in [0.5, 0.6) is 0 Å². The summed E-state index contributed by atoms with van der Waals surface area (Å²) in [6, 6.07) is 6.92. The van der Waals surface area contributed by atoms with Crippen molar-refractivity contribution < 1.29 is 14.4 Å². The maximum atomic E-state index is 13.3. The molecule has 3 amide bonds. The molecule has 0 aromatic heterocycles. The fraction of sp³-hybridized carbons (Fsp3) is 0.609. The molecule has 6 heteroatoms. The van der Waals surface area contributed by atoms with Gasteiger partial charge >= 0.3 is 0 Å². The van der Waals surface area contributed by atoms with Crippen molar-refractivity contribution in [3.8, 4) is 0 Å². The topological polar surface area (TPSA) is 69.7 Å². The molecule has 1 aromatic rings. The number of aryl methyl sites for hydroxylation is 1. The molecule has 1 N–H and O–H groups in total. The third kappa shape index (κ3) is 5.37. The van der Waals surface area contributed by atoms with Crippen molar-refractivity contribution >= 4 is 17.7 Å². The van der Waals surface area contributed by atoms with E-state index in [9.17, 15) is 14.4 Å². The monoisotopic (exact) mass is 399 g/mol. The lowest BCUT2D eigenvalue weighted by atomic mass is 9.87. The molecule has 1 aromatic carbocycles. The number of piperidine rings is 2. The van der Waals surface area contributed by atoms with Gasteiger partial charge in [0.1, 0.15) is 6.04 Å². The van der Waals surface area contributed by atoms with E-state index in [1.807, 2.05) is 41.8 Å². The van der Waals surface area contributed by atoms with Crippen LogP contribution in [-0.4, -0.2) is 59.7 Å². The minimum atomic E-state index is -0.528. The van der Waals surface area contributed by atoms with Gasteiger partial charge in [-0.2, -0.15) is 0 Å².